The molecule has 2 heterocycles. The minimum Gasteiger partial charge on any atom is -0.495 e. The van der Waals surface area contributed by atoms with Crippen LogP contribution >= 0.6 is 0 Å². The molecule has 0 aromatic carbocycles. The van der Waals surface area contributed by atoms with E-state index in [1.165, 1.54) is 0 Å². The molecule has 88 valence electrons. The first-order valence-corrected chi connectivity index (χ1v) is 5.36. The molecule has 0 bridgehead atoms. The number of aliphatic hydroxyl groups excluding tert-OH is 1. The molecule has 0 aliphatic carbocycles. The number of methoxy groups -OCH3 is 1. The van der Waals surface area contributed by atoms with Gasteiger partial charge >= 0.3 is 0 Å². The first kappa shape index (κ1) is 11.5. The number of rotatable bonds is 4. The average Bonchev–Trinajstić information content (AvgIpc) is 2.40. The molecule has 0 saturated heterocycles. The van der Waals surface area contributed by atoms with Gasteiger partial charge in [0.15, 0.2) is 0 Å². The molecule has 2 aromatic rings. The Balaban J connectivity index is 2.11. The van der Waals surface area contributed by atoms with E-state index in [1.807, 2.05) is 18.2 Å². The van der Waals surface area contributed by atoms with Gasteiger partial charge in [-0.15, -0.1) is 0 Å². The summed E-state index contributed by atoms with van der Waals surface area (Å²) in [6.07, 6.45) is 4.81. The van der Waals surface area contributed by atoms with Gasteiger partial charge in [-0.05, 0) is 18.2 Å². The van der Waals surface area contributed by atoms with Crippen molar-refractivity contribution in [3.63, 3.8) is 0 Å². The summed E-state index contributed by atoms with van der Waals surface area (Å²) in [5.74, 6) is 0.641. The van der Waals surface area contributed by atoms with Crippen molar-refractivity contribution >= 4 is 0 Å². The molecule has 17 heavy (non-hydrogen) atoms. The zero-order chi connectivity index (χ0) is 12.1. The van der Waals surface area contributed by atoms with Gasteiger partial charge in [-0.25, -0.2) is 0 Å². The van der Waals surface area contributed by atoms with Crippen LogP contribution in [0.25, 0.3) is 0 Å². The third-order valence-corrected chi connectivity index (χ3v) is 2.48. The summed E-state index contributed by atoms with van der Waals surface area (Å²) in [4.78, 5) is 8.19. The molecule has 2 aromatic heterocycles. The molecule has 0 saturated carbocycles. The van der Waals surface area contributed by atoms with E-state index in [0.717, 1.165) is 11.3 Å². The summed E-state index contributed by atoms with van der Waals surface area (Å²) in [6.45, 7) is 0. The zero-order valence-electron chi connectivity index (χ0n) is 9.58. The Morgan fingerprint density at radius 1 is 1.35 bits per heavy atom. The lowest BCUT2D eigenvalue weighted by Crippen LogP contribution is -2.04. The van der Waals surface area contributed by atoms with Crippen LogP contribution in [0.5, 0.6) is 5.75 Å². The van der Waals surface area contributed by atoms with Gasteiger partial charge in [0, 0.05) is 30.1 Å². The highest BCUT2D eigenvalue weighted by molar-refractivity contribution is 5.25. The molecule has 0 fully saturated rings. The highest BCUT2D eigenvalue weighted by Crippen LogP contribution is 2.20. The van der Waals surface area contributed by atoms with E-state index < -0.39 is 6.10 Å². The lowest BCUT2D eigenvalue weighted by molar-refractivity contribution is 0.176. The van der Waals surface area contributed by atoms with Crippen molar-refractivity contribution < 1.29 is 9.84 Å². The van der Waals surface area contributed by atoms with E-state index in [-0.39, 0.29) is 0 Å². The average molecular weight is 230 g/mol. The van der Waals surface area contributed by atoms with Gasteiger partial charge in [-0.2, -0.15) is 0 Å². The minimum absolute atomic E-state index is 0.468. The predicted octanol–water partition coefficient (Wildman–Crippen LogP) is 1.76. The van der Waals surface area contributed by atoms with Gasteiger partial charge in [-0.1, -0.05) is 6.07 Å². The minimum atomic E-state index is -0.618. The normalized spacial score (nSPS) is 12.1. The van der Waals surface area contributed by atoms with Crippen molar-refractivity contribution in [1.82, 2.24) is 9.97 Å². The number of aromatic nitrogens is 2. The molecular formula is C13H14N2O2. The van der Waals surface area contributed by atoms with E-state index in [4.69, 9.17) is 4.74 Å². The number of ether oxygens (including phenoxy) is 1. The molecule has 0 radical (unpaired) electrons. The lowest BCUT2D eigenvalue weighted by atomic mass is 10.1. The summed E-state index contributed by atoms with van der Waals surface area (Å²) in [6, 6.07) is 7.42. The summed E-state index contributed by atoms with van der Waals surface area (Å²) in [7, 11) is 1.58. The Kier molecular flexibility index (Phi) is 3.67. The summed E-state index contributed by atoms with van der Waals surface area (Å²) in [5, 5.41) is 10.1. The van der Waals surface area contributed by atoms with Crippen LogP contribution < -0.4 is 4.74 Å². The van der Waals surface area contributed by atoms with Crippen LogP contribution in [0.4, 0.5) is 0 Å². The largest absolute Gasteiger partial charge is 0.495 e. The third kappa shape index (κ3) is 3.01. The van der Waals surface area contributed by atoms with Gasteiger partial charge in [-0.3, -0.25) is 9.97 Å². The van der Waals surface area contributed by atoms with Crippen molar-refractivity contribution in [2.75, 3.05) is 7.11 Å². The van der Waals surface area contributed by atoms with E-state index in [0.29, 0.717) is 12.2 Å². The van der Waals surface area contributed by atoms with Gasteiger partial charge < -0.3 is 9.84 Å². The number of pyridine rings is 2. The Bertz CT molecular complexity index is 474. The second kappa shape index (κ2) is 5.41. The van der Waals surface area contributed by atoms with Gasteiger partial charge in [0.25, 0.3) is 0 Å². The first-order chi connectivity index (χ1) is 8.29. The molecule has 1 atom stereocenters. The first-order valence-electron chi connectivity index (χ1n) is 5.36. The van der Waals surface area contributed by atoms with Crippen LogP contribution in [0.3, 0.4) is 0 Å². The quantitative estimate of drug-likeness (QED) is 0.869. The number of hydrogen-bond donors (Lipinski definition) is 1. The monoisotopic (exact) mass is 230 g/mol. The van der Waals surface area contributed by atoms with Crippen molar-refractivity contribution in [2.45, 2.75) is 12.5 Å². The molecule has 4 heteroatoms. The van der Waals surface area contributed by atoms with Gasteiger partial charge in [0.1, 0.15) is 5.75 Å². The molecule has 1 unspecified atom stereocenters. The van der Waals surface area contributed by atoms with Crippen LogP contribution in [0.1, 0.15) is 17.4 Å². The Morgan fingerprint density at radius 3 is 2.94 bits per heavy atom. The fraction of sp³-hybridized carbons (Fsp3) is 0.231. The topological polar surface area (TPSA) is 55.2 Å². The Hall–Kier alpha value is -1.94. The van der Waals surface area contributed by atoms with E-state index >= 15 is 0 Å². The molecule has 0 aliphatic rings. The third-order valence-electron chi connectivity index (χ3n) is 2.48. The summed E-state index contributed by atoms with van der Waals surface area (Å²) >= 11 is 0. The molecule has 0 spiro atoms. The number of nitrogens with zero attached hydrogens (tertiary/aromatic N) is 2. The molecule has 0 aliphatic heterocycles. The zero-order valence-corrected chi connectivity index (χ0v) is 9.58. The van der Waals surface area contributed by atoms with Crippen molar-refractivity contribution in [2.24, 2.45) is 0 Å². The molecular weight excluding hydrogens is 216 g/mol. The molecule has 2 rings (SSSR count). The second-order valence-electron chi connectivity index (χ2n) is 3.70. The molecule has 0 amide bonds. The number of hydrogen-bond acceptors (Lipinski definition) is 4. The van der Waals surface area contributed by atoms with Crippen molar-refractivity contribution in [3.05, 3.63) is 54.1 Å². The summed E-state index contributed by atoms with van der Waals surface area (Å²) in [5.41, 5.74) is 1.58. The van der Waals surface area contributed by atoms with E-state index in [9.17, 15) is 5.11 Å². The smallest absolute Gasteiger partial charge is 0.137 e. The van der Waals surface area contributed by atoms with Crippen LogP contribution in [0.15, 0.2) is 42.9 Å². The van der Waals surface area contributed by atoms with Gasteiger partial charge in [0.2, 0.25) is 0 Å². The predicted molar refractivity (Wildman–Crippen MR) is 63.7 cm³/mol. The van der Waals surface area contributed by atoms with E-state index in [1.54, 1.807) is 31.8 Å². The SMILES string of the molecule is COc1cncc(C(O)Cc2ccccn2)c1. The molecule has 1 N–H and O–H groups in total. The maximum Gasteiger partial charge on any atom is 0.137 e. The maximum absolute atomic E-state index is 10.1. The standard InChI is InChI=1S/C13H14N2O2/c1-17-12-6-10(8-14-9-12)13(16)7-11-4-2-3-5-15-11/h2-6,8-9,13,16H,7H2,1H3. The molecule has 4 nitrogen and oxygen atoms in total. The Labute approximate surface area is 99.9 Å². The van der Waals surface area contributed by atoms with Crippen molar-refractivity contribution in [3.8, 4) is 5.75 Å². The van der Waals surface area contributed by atoms with Gasteiger partial charge in [0.05, 0.1) is 19.4 Å². The second-order valence-corrected chi connectivity index (χ2v) is 3.70. The fourth-order valence-electron chi connectivity index (χ4n) is 1.56. The highest BCUT2D eigenvalue weighted by atomic mass is 16.5. The van der Waals surface area contributed by atoms with Crippen molar-refractivity contribution in [1.29, 1.82) is 0 Å². The van der Waals surface area contributed by atoms with Crippen LogP contribution in [0.2, 0.25) is 0 Å². The lowest BCUT2D eigenvalue weighted by Gasteiger charge is -2.10. The van der Waals surface area contributed by atoms with Crippen LogP contribution in [-0.4, -0.2) is 22.2 Å². The fourth-order valence-corrected chi connectivity index (χ4v) is 1.56. The summed E-state index contributed by atoms with van der Waals surface area (Å²) < 4.78 is 5.07. The Morgan fingerprint density at radius 2 is 2.24 bits per heavy atom. The number of aliphatic hydroxyl groups is 1. The highest BCUT2D eigenvalue weighted by Gasteiger charge is 2.10. The van der Waals surface area contributed by atoms with Crippen LogP contribution in [-0.2, 0) is 6.42 Å². The van der Waals surface area contributed by atoms with Crippen LogP contribution in [0, 0.1) is 0 Å². The maximum atomic E-state index is 10.1. The van der Waals surface area contributed by atoms with E-state index in [2.05, 4.69) is 9.97 Å².